The molecule has 0 spiro atoms. The van der Waals surface area contributed by atoms with Crippen LogP contribution < -0.4 is 10.5 Å². The van der Waals surface area contributed by atoms with Crippen LogP contribution in [-0.2, 0) is 0 Å². The quantitative estimate of drug-likeness (QED) is 0.412. The van der Waals surface area contributed by atoms with E-state index in [9.17, 15) is 4.79 Å². The second kappa shape index (κ2) is 9.65. The number of halogens is 2. The van der Waals surface area contributed by atoms with Crippen molar-refractivity contribution in [3.8, 4) is 5.75 Å². The number of nitrogens with zero attached hydrogens (tertiary/aromatic N) is 1. The highest BCUT2D eigenvalue weighted by atomic mass is 35.5. The molecule has 0 aromatic heterocycles. The molecular formula is C19H30Cl2N2O2. The second-order valence-electron chi connectivity index (χ2n) is 7.46. The molecular weight excluding hydrogens is 359 g/mol. The minimum atomic E-state index is 0. The molecule has 1 aromatic carbocycles. The fourth-order valence-electron chi connectivity index (χ4n) is 3.09. The molecule has 25 heavy (non-hydrogen) atoms. The number of nitrogen functional groups attached to an aromatic ring is 1. The Bertz CT molecular complexity index is 581. The number of likely N-dealkylation sites (tertiary alicyclic amines) is 1. The molecule has 1 aliphatic heterocycles. The van der Waals surface area contributed by atoms with Gasteiger partial charge in [-0.15, -0.1) is 12.4 Å². The smallest absolute Gasteiger partial charge is 0.166 e. The first-order valence-electron chi connectivity index (χ1n) is 8.71. The number of carbonyl (C=O) groups excluding carboxylic acids is 1. The van der Waals surface area contributed by atoms with Gasteiger partial charge in [-0.05, 0) is 56.8 Å². The number of rotatable bonds is 7. The lowest BCUT2D eigenvalue weighted by molar-refractivity contribution is 0.0971. The number of anilines is 1. The van der Waals surface area contributed by atoms with Gasteiger partial charge < -0.3 is 15.4 Å². The molecule has 1 aliphatic rings. The molecule has 1 heterocycles. The van der Waals surface area contributed by atoms with E-state index in [1.54, 1.807) is 12.1 Å². The minimum Gasteiger partial charge on any atom is -0.496 e. The number of carbonyl (C=O) groups is 1. The largest absolute Gasteiger partial charge is 0.496 e. The number of unbranched alkanes of at least 4 members (excludes halogenated alkanes) is 1. The van der Waals surface area contributed by atoms with E-state index >= 15 is 0 Å². The predicted octanol–water partition coefficient (Wildman–Crippen LogP) is 4.83. The molecule has 0 amide bonds. The zero-order valence-corrected chi connectivity index (χ0v) is 17.0. The van der Waals surface area contributed by atoms with Crippen molar-refractivity contribution >= 4 is 35.5 Å². The lowest BCUT2D eigenvalue weighted by atomic mass is 9.82. The Morgan fingerprint density at radius 1 is 1.28 bits per heavy atom. The van der Waals surface area contributed by atoms with Crippen molar-refractivity contribution < 1.29 is 9.53 Å². The zero-order valence-electron chi connectivity index (χ0n) is 15.4. The van der Waals surface area contributed by atoms with Crippen LogP contribution in [0.15, 0.2) is 12.1 Å². The van der Waals surface area contributed by atoms with Crippen molar-refractivity contribution in [2.45, 2.75) is 46.0 Å². The molecule has 2 N–H and O–H groups in total. The Labute approximate surface area is 162 Å². The van der Waals surface area contributed by atoms with Gasteiger partial charge in [-0.3, -0.25) is 4.79 Å². The van der Waals surface area contributed by atoms with Gasteiger partial charge in [0.2, 0.25) is 0 Å². The number of Topliss-reactive ketones (excluding diaryl/α,β-unsaturated/α-hetero) is 1. The number of hydrogen-bond acceptors (Lipinski definition) is 4. The van der Waals surface area contributed by atoms with Crippen LogP contribution in [0.4, 0.5) is 5.69 Å². The third kappa shape index (κ3) is 6.36. The number of ether oxygens (including phenoxy) is 1. The molecule has 0 bridgehead atoms. The van der Waals surface area contributed by atoms with Gasteiger partial charge in [0.25, 0.3) is 0 Å². The van der Waals surface area contributed by atoms with Crippen LogP contribution >= 0.6 is 24.0 Å². The Hall–Kier alpha value is -0.970. The second-order valence-corrected chi connectivity index (χ2v) is 7.87. The van der Waals surface area contributed by atoms with Gasteiger partial charge >= 0.3 is 0 Å². The molecule has 0 radical (unpaired) electrons. The van der Waals surface area contributed by atoms with Crippen LogP contribution in [0.25, 0.3) is 0 Å². The maximum absolute atomic E-state index is 12.4. The summed E-state index contributed by atoms with van der Waals surface area (Å²) in [4.78, 5) is 14.9. The van der Waals surface area contributed by atoms with Gasteiger partial charge in [-0.25, -0.2) is 0 Å². The zero-order chi connectivity index (χ0) is 17.7. The normalized spacial score (nSPS) is 17.0. The van der Waals surface area contributed by atoms with Crippen molar-refractivity contribution in [3.05, 3.63) is 22.7 Å². The van der Waals surface area contributed by atoms with Crippen LogP contribution in [0.1, 0.15) is 56.3 Å². The van der Waals surface area contributed by atoms with E-state index < -0.39 is 0 Å². The van der Waals surface area contributed by atoms with Gasteiger partial charge in [-0.2, -0.15) is 0 Å². The van der Waals surface area contributed by atoms with Gasteiger partial charge in [0.15, 0.2) is 5.78 Å². The number of piperidine rings is 1. The van der Waals surface area contributed by atoms with Gasteiger partial charge in [0.1, 0.15) is 5.75 Å². The molecule has 2 rings (SSSR count). The van der Waals surface area contributed by atoms with E-state index in [4.69, 9.17) is 22.1 Å². The molecule has 6 heteroatoms. The number of nitrogens with two attached hydrogens (primary N) is 1. The fourth-order valence-corrected chi connectivity index (χ4v) is 3.26. The fraction of sp³-hybridized carbons (Fsp3) is 0.632. The summed E-state index contributed by atoms with van der Waals surface area (Å²) in [5, 5.41) is 0.398. The number of benzene rings is 1. The summed E-state index contributed by atoms with van der Waals surface area (Å²) < 4.78 is 5.26. The summed E-state index contributed by atoms with van der Waals surface area (Å²) in [6, 6.07) is 3.23. The highest BCUT2D eigenvalue weighted by Crippen LogP contribution is 2.31. The molecule has 0 aliphatic carbocycles. The van der Waals surface area contributed by atoms with Crippen molar-refractivity contribution in [1.82, 2.24) is 4.90 Å². The maximum atomic E-state index is 12.4. The molecule has 0 atom stereocenters. The molecule has 1 saturated heterocycles. The predicted molar refractivity (Wildman–Crippen MR) is 107 cm³/mol. The number of hydrogen-bond donors (Lipinski definition) is 1. The average molecular weight is 389 g/mol. The average Bonchev–Trinajstić information content (AvgIpc) is 2.54. The SMILES string of the molecule is COc1cc(N)c(Cl)cc1C(=O)CCCCN1CCC(C)(C)CC1.Cl. The van der Waals surface area contributed by atoms with E-state index in [0.29, 0.717) is 33.9 Å². The summed E-state index contributed by atoms with van der Waals surface area (Å²) in [6.07, 6.45) is 4.94. The molecule has 1 fully saturated rings. The topological polar surface area (TPSA) is 55.6 Å². The van der Waals surface area contributed by atoms with E-state index in [1.165, 1.54) is 33.0 Å². The maximum Gasteiger partial charge on any atom is 0.166 e. The first-order valence-corrected chi connectivity index (χ1v) is 9.09. The van der Waals surface area contributed by atoms with E-state index in [-0.39, 0.29) is 18.2 Å². The number of ketones is 1. The Balaban J connectivity index is 0.00000312. The molecule has 4 nitrogen and oxygen atoms in total. The minimum absolute atomic E-state index is 0. The van der Waals surface area contributed by atoms with Crippen molar-refractivity contribution in [2.24, 2.45) is 5.41 Å². The van der Waals surface area contributed by atoms with Crippen molar-refractivity contribution in [1.29, 1.82) is 0 Å². The monoisotopic (exact) mass is 388 g/mol. The van der Waals surface area contributed by atoms with E-state index in [1.807, 2.05) is 0 Å². The molecule has 0 unspecified atom stereocenters. The van der Waals surface area contributed by atoms with Crippen LogP contribution in [0.2, 0.25) is 5.02 Å². The summed E-state index contributed by atoms with van der Waals surface area (Å²) in [5.41, 5.74) is 7.20. The Morgan fingerprint density at radius 3 is 2.52 bits per heavy atom. The summed E-state index contributed by atoms with van der Waals surface area (Å²) in [5.74, 6) is 0.564. The first kappa shape index (κ1) is 22.1. The summed E-state index contributed by atoms with van der Waals surface area (Å²) >= 11 is 6.03. The van der Waals surface area contributed by atoms with Gasteiger partial charge in [-0.1, -0.05) is 25.4 Å². The van der Waals surface area contributed by atoms with E-state index in [2.05, 4.69) is 18.7 Å². The number of methoxy groups -OCH3 is 1. The third-order valence-corrected chi connectivity index (χ3v) is 5.28. The lowest BCUT2D eigenvalue weighted by Crippen LogP contribution is -2.37. The third-order valence-electron chi connectivity index (χ3n) is 4.96. The Morgan fingerprint density at radius 2 is 1.92 bits per heavy atom. The molecule has 1 aromatic rings. The van der Waals surface area contributed by atoms with Crippen molar-refractivity contribution in [3.63, 3.8) is 0 Å². The van der Waals surface area contributed by atoms with Crippen LogP contribution in [0.5, 0.6) is 5.75 Å². The Kier molecular flexibility index (Phi) is 8.52. The lowest BCUT2D eigenvalue weighted by Gasteiger charge is -2.36. The van der Waals surface area contributed by atoms with Crippen LogP contribution in [-0.4, -0.2) is 37.4 Å². The highest BCUT2D eigenvalue weighted by Gasteiger charge is 2.24. The standard InChI is InChI=1S/C19H29ClN2O2.ClH/c1-19(2)7-10-22(11-8-19)9-5-4-6-17(23)14-12-15(20)16(21)13-18(14)24-3;/h12-13H,4-11,21H2,1-3H3;1H. The molecule has 142 valence electrons. The van der Waals surface area contributed by atoms with Crippen molar-refractivity contribution in [2.75, 3.05) is 32.5 Å². The summed E-state index contributed by atoms with van der Waals surface area (Å²) in [7, 11) is 1.54. The van der Waals surface area contributed by atoms with Crippen LogP contribution in [0, 0.1) is 5.41 Å². The van der Waals surface area contributed by atoms with Gasteiger partial charge in [0.05, 0.1) is 23.4 Å². The van der Waals surface area contributed by atoms with E-state index in [0.717, 1.165) is 19.4 Å². The first-order chi connectivity index (χ1) is 11.3. The van der Waals surface area contributed by atoms with Crippen LogP contribution in [0.3, 0.4) is 0 Å². The van der Waals surface area contributed by atoms with Gasteiger partial charge in [0, 0.05) is 12.5 Å². The summed E-state index contributed by atoms with van der Waals surface area (Å²) in [6.45, 7) is 8.09. The highest BCUT2D eigenvalue weighted by molar-refractivity contribution is 6.33. The molecule has 0 saturated carbocycles.